The second-order valence-corrected chi connectivity index (χ2v) is 4.05. The van der Waals surface area contributed by atoms with Crippen LogP contribution in [0, 0.1) is 0 Å². The number of hydrogen-bond donors (Lipinski definition) is 2. The Morgan fingerprint density at radius 2 is 2.11 bits per heavy atom. The van der Waals surface area contributed by atoms with E-state index >= 15 is 0 Å². The molecule has 1 aromatic carbocycles. The number of benzene rings is 1. The molecule has 1 heterocycles. The normalized spacial score (nSPS) is 12.3. The van der Waals surface area contributed by atoms with E-state index in [2.05, 4.69) is 39.6 Å². The highest BCUT2D eigenvalue weighted by atomic mass is 16.5. The minimum absolute atomic E-state index is 0.152. The zero-order valence-corrected chi connectivity index (χ0v) is 10.7. The van der Waals surface area contributed by atoms with Crippen LogP contribution in [0.15, 0.2) is 30.6 Å². The minimum atomic E-state index is 0.152. The molecule has 0 amide bonds. The molecule has 1 atom stereocenters. The molecule has 0 aliphatic carbocycles. The standard InChI is InChI=1S/C13H18N4O/c1-3-18-12-6-4-11(5-7-12)8-14-10(2)13-15-9-16-17-13/h4-7,9-10,14H,3,8H2,1-2H3,(H,15,16,17)/t10-/m1/s1. The van der Waals surface area contributed by atoms with Gasteiger partial charge in [-0.25, -0.2) is 4.98 Å². The van der Waals surface area contributed by atoms with E-state index in [0.29, 0.717) is 6.61 Å². The first-order valence-corrected chi connectivity index (χ1v) is 6.10. The minimum Gasteiger partial charge on any atom is -0.494 e. The van der Waals surface area contributed by atoms with Crippen molar-refractivity contribution >= 4 is 0 Å². The number of aromatic amines is 1. The lowest BCUT2D eigenvalue weighted by atomic mass is 10.2. The zero-order chi connectivity index (χ0) is 12.8. The van der Waals surface area contributed by atoms with E-state index in [0.717, 1.165) is 18.1 Å². The van der Waals surface area contributed by atoms with Crippen molar-refractivity contribution in [1.82, 2.24) is 20.5 Å². The fourth-order valence-corrected chi connectivity index (χ4v) is 1.66. The zero-order valence-electron chi connectivity index (χ0n) is 10.7. The van der Waals surface area contributed by atoms with Crippen LogP contribution in [0.4, 0.5) is 0 Å². The Morgan fingerprint density at radius 1 is 1.33 bits per heavy atom. The maximum atomic E-state index is 5.40. The van der Waals surface area contributed by atoms with Crippen molar-refractivity contribution in [2.24, 2.45) is 0 Å². The lowest BCUT2D eigenvalue weighted by molar-refractivity contribution is 0.340. The molecule has 2 N–H and O–H groups in total. The summed E-state index contributed by atoms with van der Waals surface area (Å²) in [5, 5.41) is 10.1. The fraction of sp³-hybridized carbons (Fsp3) is 0.385. The van der Waals surface area contributed by atoms with E-state index in [4.69, 9.17) is 4.74 Å². The topological polar surface area (TPSA) is 62.8 Å². The first-order chi connectivity index (χ1) is 8.79. The summed E-state index contributed by atoms with van der Waals surface area (Å²) in [5.41, 5.74) is 1.21. The summed E-state index contributed by atoms with van der Waals surface area (Å²) in [6, 6.07) is 8.24. The predicted octanol–water partition coefficient (Wildman–Crippen LogP) is 2.05. The molecule has 0 fully saturated rings. The van der Waals surface area contributed by atoms with Crippen LogP contribution in [0.5, 0.6) is 5.75 Å². The molecule has 0 aliphatic heterocycles. The molecule has 0 aliphatic rings. The second-order valence-electron chi connectivity index (χ2n) is 4.05. The Hall–Kier alpha value is -1.88. The predicted molar refractivity (Wildman–Crippen MR) is 69.2 cm³/mol. The van der Waals surface area contributed by atoms with E-state index < -0.39 is 0 Å². The molecule has 96 valence electrons. The Kier molecular flexibility index (Phi) is 4.30. The van der Waals surface area contributed by atoms with Crippen LogP contribution in [0.3, 0.4) is 0 Å². The van der Waals surface area contributed by atoms with Gasteiger partial charge in [-0.3, -0.25) is 5.10 Å². The third kappa shape index (κ3) is 3.30. The van der Waals surface area contributed by atoms with Gasteiger partial charge >= 0.3 is 0 Å². The molecule has 0 saturated carbocycles. The van der Waals surface area contributed by atoms with E-state index in [-0.39, 0.29) is 6.04 Å². The van der Waals surface area contributed by atoms with Crippen LogP contribution in [0.2, 0.25) is 0 Å². The number of ether oxygens (including phenoxy) is 1. The Bertz CT molecular complexity index is 452. The molecule has 5 heteroatoms. The van der Waals surface area contributed by atoms with Crippen molar-refractivity contribution in [1.29, 1.82) is 0 Å². The number of rotatable bonds is 6. The van der Waals surface area contributed by atoms with Crippen molar-refractivity contribution in [3.05, 3.63) is 42.0 Å². The van der Waals surface area contributed by atoms with Crippen molar-refractivity contribution in [2.75, 3.05) is 6.61 Å². The van der Waals surface area contributed by atoms with E-state index in [1.165, 1.54) is 11.9 Å². The van der Waals surface area contributed by atoms with Gasteiger partial charge in [-0.2, -0.15) is 5.10 Å². The lowest BCUT2D eigenvalue weighted by Gasteiger charge is -2.11. The highest BCUT2D eigenvalue weighted by Crippen LogP contribution is 2.13. The monoisotopic (exact) mass is 246 g/mol. The molecule has 2 rings (SSSR count). The first kappa shape index (κ1) is 12.6. The summed E-state index contributed by atoms with van der Waals surface area (Å²) in [7, 11) is 0. The number of nitrogens with zero attached hydrogens (tertiary/aromatic N) is 2. The molecule has 0 saturated heterocycles. The SMILES string of the molecule is CCOc1ccc(CN[C@H](C)c2ncn[nH]2)cc1. The lowest BCUT2D eigenvalue weighted by Crippen LogP contribution is -2.19. The van der Waals surface area contributed by atoms with Gasteiger partial charge in [-0.1, -0.05) is 12.1 Å². The van der Waals surface area contributed by atoms with E-state index in [1.807, 2.05) is 19.1 Å². The van der Waals surface area contributed by atoms with Gasteiger partial charge in [-0.15, -0.1) is 0 Å². The smallest absolute Gasteiger partial charge is 0.141 e. The molecule has 0 unspecified atom stereocenters. The average molecular weight is 246 g/mol. The van der Waals surface area contributed by atoms with Crippen LogP contribution in [0.25, 0.3) is 0 Å². The van der Waals surface area contributed by atoms with Gasteiger partial charge in [0.05, 0.1) is 12.6 Å². The largest absolute Gasteiger partial charge is 0.494 e. The molecular weight excluding hydrogens is 228 g/mol. The van der Waals surface area contributed by atoms with Gasteiger partial charge in [0, 0.05) is 6.54 Å². The molecule has 1 aromatic heterocycles. The first-order valence-electron chi connectivity index (χ1n) is 6.10. The quantitative estimate of drug-likeness (QED) is 0.819. The van der Waals surface area contributed by atoms with Crippen LogP contribution in [-0.4, -0.2) is 21.8 Å². The number of H-pyrrole nitrogens is 1. The van der Waals surface area contributed by atoms with Crippen LogP contribution in [0.1, 0.15) is 31.3 Å². The summed E-state index contributed by atoms with van der Waals surface area (Å²) in [6.45, 7) is 5.51. The molecule has 18 heavy (non-hydrogen) atoms. The van der Waals surface area contributed by atoms with Gasteiger partial charge < -0.3 is 10.1 Å². The highest BCUT2D eigenvalue weighted by molar-refractivity contribution is 5.27. The van der Waals surface area contributed by atoms with Crippen LogP contribution < -0.4 is 10.1 Å². The maximum absolute atomic E-state index is 5.40. The van der Waals surface area contributed by atoms with E-state index in [9.17, 15) is 0 Å². The summed E-state index contributed by atoms with van der Waals surface area (Å²) >= 11 is 0. The van der Waals surface area contributed by atoms with Gasteiger partial charge in [0.25, 0.3) is 0 Å². The van der Waals surface area contributed by atoms with Gasteiger partial charge in [0.15, 0.2) is 0 Å². The van der Waals surface area contributed by atoms with Crippen LogP contribution in [-0.2, 0) is 6.54 Å². The fourth-order valence-electron chi connectivity index (χ4n) is 1.66. The summed E-state index contributed by atoms with van der Waals surface area (Å²) in [6.07, 6.45) is 1.52. The van der Waals surface area contributed by atoms with Gasteiger partial charge in [0.2, 0.25) is 0 Å². The maximum Gasteiger partial charge on any atom is 0.141 e. The Morgan fingerprint density at radius 3 is 2.72 bits per heavy atom. The molecular formula is C13H18N4O. The number of aromatic nitrogens is 3. The molecule has 0 bridgehead atoms. The van der Waals surface area contributed by atoms with Crippen molar-refractivity contribution in [3.8, 4) is 5.75 Å². The summed E-state index contributed by atoms with van der Waals surface area (Å²) < 4.78 is 5.40. The number of nitrogens with one attached hydrogen (secondary N) is 2. The van der Waals surface area contributed by atoms with Gasteiger partial charge in [0.1, 0.15) is 17.9 Å². The van der Waals surface area contributed by atoms with Crippen molar-refractivity contribution in [2.45, 2.75) is 26.4 Å². The van der Waals surface area contributed by atoms with Gasteiger partial charge in [-0.05, 0) is 31.5 Å². The molecule has 0 spiro atoms. The molecule has 5 nitrogen and oxygen atoms in total. The Balaban J connectivity index is 1.86. The molecule has 2 aromatic rings. The van der Waals surface area contributed by atoms with Crippen molar-refractivity contribution in [3.63, 3.8) is 0 Å². The number of hydrogen-bond acceptors (Lipinski definition) is 4. The molecule has 0 radical (unpaired) electrons. The summed E-state index contributed by atoms with van der Waals surface area (Å²) in [5.74, 6) is 1.76. The van der Waals surface area contributed by atoms with Crippen molar-refractivity contribution < 1.29 is 4.74 Å². The highest BCUT2D eigenvalue weighted by Gasteiger charge is 2.07. The third-order valence-corrected chi connectivity index (χ3v) is 2.69. The van der Waals surface area contributed by atoms with Crippen LogP contribution >= 0.6 is 0 Å². The summed E-state index contributed by atoms with van der Waals surface area (Å²) in [4.78, 5) is 4.12. The van der Waals surface area contributed by atoms with E-state index in [1.54, 1.807) is 0 Å². The average Bonchev–Trinajstić information content (AvgIpc) is 2.92. The third-order valence-electron chi connectivity index (χ3n) is 2.69. The second kappa shape index (κ2) is 6.16. The Labute approximate surface area is 107 Å².